The highest BCUT2D eigenvalue weighted by molar-refractivity contribution is 7.80. The van der Waals surface area contributed by atoms with Crippen molar-refractivity contribution in [3.8, 4) is 11.4 Å². The molecule has 1 aliphatic heterocycles. The van der Waals surface area contributed by atoms with Gasteiger partial charge in [0.05, 0.1) is 43.2 Å². The van der Waals surface area contributed by atoms with Gasteiger partial charge in [0.1, 0.15) is 5.75 Å². The minimum absolute atomic E-state index is 0.0976. The van der Waals surface area contributed by atoms with Gasteiger partial charge in [0.25, 0.3) is 0 Å². The Labute approximate surface area is 250 Å². The van der Waals surface area contributed by atoms with Crippen LogP contribution in [0.3, 0.4) is 0 Å². The van der Waals surface area contributed by atoms with Gasteiger partial charge in [-0.05, 0) is 86.2 Å². The highest BCUT2D eigenvalue weighted by Crippen LogP contribution is 2.45. The van der Waals surface area contributed by atoms with Gasteiger partial charge < -0.3 is 29.6 Å². The molecule has 5 rings (SSSR count). The fourth-order valence-electron chi connectivity index (χ4n) is 5.47. The molecule has 10 heteroatoms. The summed E-state index contributed by atoms with van der Waals surface area (Å²) in [5.74, 6) is 0.0612. The van der Waals surface area contributed by atoms with Crippen molar-refractivity contribution >= 4 is 40.6 Å². The molecule has 216 valence electrons. The first-order chi connectivity index (χ1) is 20.3. The number of anilines is 2. The minimum Gasteiger partial charge on any atom is -0.494 e. The Balaban J connectivity index is 1.62. The number of thiocarbonyl (C=S) groups is 1. The number of esters is 1. The second-order valence-corrected chi connectivity index (χ2v) is 10.4. The number of carbonyl (C=O) groups excluding carboxylic acids is 2. The Morgan fingerprint density at radius 1 is 1.02 bits per heavy atom. The van der Waals surface area contributed by atoms with Crippen LogP contribution in [0.1, 0.15) is 58.4 Å². The number of amides is 1. The van der Waals surface area contributed by atoms with Gasteiger partial charge >= 0.3 is 5.97 Å². The fourth-order valence-corrected chi connectivity index (χ4v) is 5.82. The summed E-state index contributed by atoms with van der Waals surface area (Å²) in [6.07, 6.45) is 2.14. The number of hydrogen-bond acceptors (Lipinski definition) is 6. The SMILES string of the molecule is CCC(=O)Nc1ccc(N2C(=S)N[C@H](c3ccccn3)[C@@H]2c2cc(C)n(-c3ccc(C(=O)OC)cc3)c2C)cc1OC. The van der Waals surface area contributed by atoms with E-state index < -0.39 is 0 Å². The summed E-state index contributed by atoms with van der Waals surface area (Å²) in [6.45, 7) is 5.94. The summed E-state index contributed by atoms with van der Waals surface area (Å²) < 4.78 is 12.7. The maximum atomic E-state index is 12.1. The first-order valence-corrected chi connectivity index (χ1v) is 14.0. The van der Waals surface area contributed by atoms with Gasteiger partial charge in [0.15, 0.2) is 5.11 Å². The molecular formula is C32H33N5O4S. The van der Waals surface area contributed by atoms with Crippen LogP contribution in [-0.4, -0.2) is 40.8 Å². The molecule has 1 amide bonds. The number of aromatic nitrogens is 2. The Kier molecular flexibility index (Phi) is 8.26. The lowest BCUT2D eigenvalue weighted by Crippen LogP contribution is -2.29. The molecule has 1 fully saturated rings. The van der Waals surface area contributed by atoms with Crippen molar-refractivity contribution in [1.29, 1.82) is 0 Å². The number of pyridine rings is 1. The van der Waals surface area contributed by atoms with Gasteiger partial charge in [-0.1, -0.05) is 13.0 Å². The highest BCUT2D eigenvalue weighted by atomic mass is 32.1. The number of carbonyl (C=O) groups is 2. The second kappa shape index (κ2) is 12.0. The van der Waals surface area contributed by atoms with Crippen LogP contribution in [-0.2, 0) is 9.53 Å². The van der Waals surface area contributed by atoms with E-state index in [4.69, 9.17) is 21.7 Å². The topological polar surface area (TPSA) is 97.7 Å². The lowest BCUT2D eigenvalue weighted by atomic mass is 9.96. The monoisotopic (exact) mass is 583 g/mol. The van der Waals surface area contributed by atoms with Gasteiger partial charge in [-0.25, -0.2) is 4.79 Å². The van der Waals surface area contributed by atoms with Crippen molar-refractivity contribution in [2.24, 2.45) is 0 Å². The molecule has 0 bridgehead atoms. The second-order valence-electron chi connectivity index (χ2n) is 9.98. The number of ether oxygens (including phenoxy) is 2. The zero-order valence-corrected chi connectivity index (χ0v) is 25.0. The van der Waals surface area contributed by atoms with Crippen LogP contribution in [0.2, 0.25) is 0 Å². The molecule has 2 aromatic heterocycles. The smallest absolute Gasteiger partial charge is 0.337 e. The number of rotatable bonds is 8. The quantitative estimate of drug-likeness (QED) is 0.198. The minimum atomic E-state index is -0.377. The number of benzene rings is 2. The molecule has 42 heavy (non-hydrogen) atoms. The molecule has 0 aliphatic carbocycles. The van der Waals surface area contributed by atoms with Crippen LogP contribution < -0.4 is 20.3 Å². The van der Waals surface area contributed by atoms with E-state index in [0.29, 0.717) is 28.5 Å². The van der Waals surface area contributed by atoms with Crippen LogP contribution in [0.4, 0.5) is 11.4 Å². The number of methoxy groups -OCH3 is 2. The van der Waals surface area contributed by atoms with E-state index in [0.717, 1.165) is 34.0 Å². The predicted octanol–water partition coefficient (Wildman–Crippen LogP) is 5.81. The zero-order valence-electron chi connectivity index (χ0n) is 24.2. The van der Waals surface area contributed by atoms with E-state index in [9.17, 15) is 9.59 Å². The largest absolute Gasteiger partial charge is 0.494 e. The van der Waals surface area contributed by atoms with Gasteiger partial charge in [-0.3, -0.25) is 9.78 Å². The molecule has 0 saturated carbocycles. The first-order valence-electron chi connectivity index (χ1n) is 13.6. The molecule has 0 radical (unpaired) electrons. The molecular weight excluding hydrogens is 550 g/mol. The van der Waals surface area contributed by atoms with Crippen molar-refractivity contribution in [1.82, 2.24) is 14.9 Å². The summed E-state index contributed by atoms with van der Waals surface area (Å²) in [6, 6.07) is 20.5. The van der Waals surface area contributed by atoms with E-state index >= 15 is 0 Å². The van der Waals surface area contributed by atoms with Gasteiger partial charge in [0, 0.05) is 41.4 Å². The summed E-state index contributed by atoms with van der Waals surface area (Å²) in [5, 5.41) is 6.95. The molecule has 1 saturated heterocycles. The van der Waals surface area contributed by atoms with Crippen LogP contribution in [0.5, 0.6) is 5.75 Å². The van der Waals surface area contributed by atoms with Crippen LogP contribution >= 0.6 is 12.2 Å². The zero-order chi connectivity index (χ0) is 30.0. The first kappa shape index (κ1) is 28.8. The van der Waals surface area contributed by atoms with E-state index in [2.05, 4.69) is 45.0 Å². The molecule has 2 N–H and O–H groups in total. The molecule has 3 heterocycles. The van der Waals surface area contributed by atoms with E-state index in [-0.39, 0.29) is 24.0 Å². The number of nitrogens with one attached hydrogen (secondary N) is 2. The summed E-state index contributed by atoms with van der Waals surface area (Å²) in [7, 11) is 2.95. The third-order valence-corrected chi connectivity index (χ3v) is 7.81. The lowest BCUT2D eigenvalue weighted by Gasteiger charge is -2.29. The van der Waals surface area contributed by atoms with Crippen molar-refractivity contribution in [2.45, 2.75) is 39.3 Å². The van der Waals surface area contributed by atoms with Gasteiger partial charge in [-0.15, -0.1) is 0 Å². The van der Waals surface area contributed by atoms with Gasteiger partial charge in [0.2, 0.25) is 5.91 Å². The van der Waals surface area contributed by atoms with Crippen LogP contribution in [0.25, 0.3) is 5.69 Å². The van der Waals surface area contributed by atoms with Crippen LogP contribution in [0.15, 0.2) is 72.9 Å². The average Bonchev–Trinajstić information content (AvgIpc) is 3.51. The Hall–Kier alpha value is -4.70. The van der Waals surface area contributed by atoms with Gasteiger partial charge in [-0.2, -0.15) is 0 Å². The number of nitrogens with zero attached hydrogens (tertiary/aromatic N) is 3. The Morgan fingerprint density at radius 3 is 2.40 bits per heavy atom. The third-order valence-electron chi connectivity index (χ3n) is 7.49. The maximum Gasteiger partial charge on any atom is 0.337 e. The average molecular weight is 584 g/mol. The van der Waals surface area contributed by atoms with Crippen molar-refractivity contribution in [3.63, 3.8) is 0 Å². The normalized spacial score (nSPS) is 16.2. The van der Waals surface area contributed by atoms with Crippen molar-refractivity contribution in [3.05, 3.63) is 101 Å². The van der Waals surface area contributed by atoms with Crippen LogP contribution in [0, 0.1) is 13.8 Å². The Morgan fingerprint density at radius 2 is 1.76 bits per heavy atom. The molecule has 0 spiro atoms. The molecule has 4 aromatic rings. The van der Waals surface area contributed by atoms with Crippen molar-refractivity contribution in [2.75, 3.05) is 24.4 Å². The molecule has 9 nitrogen and oxygen atoms in total. The van der Waals surface area contributed by atoms with E-state index in [1.165, 1.54) is 7.11 Å². The molecule has 1 aliphatic rings. The van der Waals surface area contributed by atoms with E-state index in [1.807, 2.05) is 48.5 Å². The standard InChI is InChI=1S/C32H33N5O4S/c1-6-28(38)34-25-15-14-23(18-27(25)40-4)37-30(29(35-32(37)42)26-9-7-8-16-33-26)24-17-19(2)36(20(24)3)22-12-10-21(11-13-22)31(39)41-5/h7-18,29-30H,6H2,1-5H3,(H,34,38)(H,35,42)/t29-,30+/m1/s1. The van der Waals surface area contributed by atoms with Crippen molar-refractivity contribution < 1.29 is 19.1 Å². The Bertz CT molecular complexity index is 1630. The summed E-state index contributed by atoms with van der Waals surface area (Å²) in [4.78, 5) is 30.8. The molecule has 0 unspecified atom stereocenters. The number of hydrogen-bond donors (Lipinski definition) is 2. The third kappa shape index (κ3) is 5.33. The van der Waals surface area contributed by atoms with E-state index in [1.54, 1.807) is 32.4 Å². The molecule has 2 aromatic carbocycles. The fraction of sp³-hybridized carbons (Fsp3) is 0.250. The predicted molar refractivity (Wildman–Crippen MR) is 166 cm³/mol. The number of aryl methyl sites for hydroxylation is 1. The lowest BCUT2D eigenvalue weighted by molar-refractivity contribution is -0.115. The molecule has 2 atom stereocenters. The highest BCUT2D eigenvalue weighted by Gasteiger charge is 2.42. The maximum absolute atomic E-state index is 12.1. The summed E-state index contributed by atoms with van der Waals surface area (Å²) in [5.41, 5.74) is 6.81. The summed E-state index contributed by atoms with van der Waals surface area (Å²) >= 11 is 5.93.